The summed E-state index contributed by atoms with van der Waals surface area (Å²) < 4.78 is 29.4. The van der Waals surface area contributed by atoms with Crippen molar-refractivity contribution >= 4 is 16.2 Å². The summed E-state index contributed by atoms with van der Waals surface area (Å²) >= 11 is 0. The lowest BCUT2D eigenvalue weighted by Gasteiger charge is -2.42. The zero-order chi connectivity index (χ0) is 17.9. The second-order valence-electron chi connectivity index (χ2n) is 7.02. The summed E-state index contributed by atoms with van der Waals surface area (Å²) in [5.74, 6) is -0.211. The molecule has 7 nitrogen and oxygen atoms in total. The molecular formula is C17H25N3O4S. The van der Waals surface area contributed by atoms with Crippen molar-refractivity contribution in [3.63, 3.8) is 0 Å². The quantitative estimate of drug-likeness (QED) is 0.572. The number of hydrogen-bond donors (Lipinski definition) is 3. The Hall–Kier alpha value is -1.48. The largest absolute Gasteiger partial charge is 0.480 e. The van der Waals surface area contributed by atoms with Crippen LogP contribution in [-0.4, -0.2) is 49.6 Å². The molecule has 0 radical (unpaired) electrons. The Labute approximate surface area is 148 Å². The minimum Gasteiger partial charge on any atom is -0.480 e. The summed E-state index contributed by atoms with van der Waals surface area (Å²) in [5, 5.41) is 9.05. The third-order valence-corrected chi connectivity index (χ3v) is 5.96. The lowest BCUT2D eigenvalue weighted by Crippen LogP contribution is -2.56. The number of hydrogen-bond acceptors (Lipinski definition) is 4. The van der Waals surface area contributed by atoms with Gasteiger partial charge in [0.1, 0.15) is 0 Å². The third-order valence-electron chi connectivity index (χ3n) is 4.79. The molecule has 0 aliphatic heterocycles. The fraction of sp³-hybridized carbons (Fsp3) is 0.588. The van der Waals surface area contributed by atoms with Gasteiger partial charge in [0.15, 0.2) is 0 Å². The minimum atomic E-state index is -3.56. The molecule has 0 atom stereocenters. The van der Waals surface area contributed by atoms with E-state index in [2.05, 4.69) is 9.44 Å². The Bertz CT molecular complexity index is 685. The first kappa shape index (κ1) is 18.3. The van der Waals surface area contributed by atoms with Gasteiger partial charge < -0.3 is 5.11 Å². The Morgan fingerprint density at radius 1 is 1.20 bits per heavy atom. The number of nitrogens with one attached hydrogen (secondary N) is 2. The smallest absolute Gasteiger partial charge is 0.317 e. The van der Waals surface area contributed by atoms with Gasteiger partial charge in [0.05, 0.1) is 6.54 Å². The molecule has 3 rings (SSSR count). The number of benzene rings is 1. The van der Waals surface area contributed by atoms with Crippen LogP contribution < -0.4 is 9.44 Å². The summed E-state index contributed by atoms with van der Waals surface area (Å²) in [6.07, 6.45) is 3.66. The maximum Gasteiger partial charge on any atom is 0.317 e. The van der Waals surface area contributed by atoms with Crippen LogP contribution in [0.3, 0.4) is 0 Å². The Kier molecular flexibility index (Phi) is 5.73. The molecule has 0 unspecified atom stereocenters. The highest BCUT2D eigenvalue weighted by Gasteiger charge is 2.38. The van der Waals surface area contributed by atoms with Gasteiger partial charge in [-0.05, 0) is 37.2 Å². The molecule has 2 aliphatic rings. The van der Waals surface area contributed by atoms with Crippen molar-refractivity contribution in [2.24, 2.45) is 5.92 Å². The zero-order valence-electron chi connectivity index (χ0n) is 14.1. The van der Waals surface area contributed by atoms with Crippen molar-refractivity contribution in [2.45, 2.75) is 44.3 Å². The maximum absolute atomic E-state index is 12.1. The molecule has 0 aromatic heterocycles. The van der Waals surface area contributed by atoms with Crippen LogP contribution in [0.5, 0.6) is 0 Å². The van der Waals surface area contributed by atoms with E-state index in [-0.39, 0.29) is 25.2 Å². The lowest BCUT2D eigenvalue weighted by atomic mass is 9.86. The lowest BCUT2D eigenvalue weighted by molar-refractivity contribution is -0.139. The van der Waals surface area contributed by atoms with Gasteiger partial charge in [0.2, 0.25) is 0 Å². The summed E-state index contributed by atoms with van der Waals surface area (Å²) in [5.41, 5.74) is 0.899. The number of carboxylic acids is 1. The molecule has 0 saturated heterocycles. The molecule has 138 valence electrons. The average molecular weight is 367 g/mol. The van der Waals surface area contributed by atoms with Gasteiger partial charge in [-0.25, -0.2) is 0 Å². The monoisotopic (exact) mass is 367 g/mol. The highest BCUT2D eigenvalue weighted by Crippen LogP contribution is 2.33. The van der Waals surface area contributed by atoms with Crippen LogP contribution >= 0.6 is 0 Å². The van der Waals surface area contributed by atoms with Crippen LogP contribution in [0.15, 0.2) is 30.3 Å². The molecular weight excluding hydrogens is 342 g/mol. The van der Waals surface area contributed by atoms with E-state index >= 15 is 0 Å². The van der Waals surface area contributed by atoms with Crippen molar-refractivity contribution in [1.82, 2.24) is 14.3 Å². The third kappa shape index (κ3) is 5.78. The van der Waals surface area contributed by atoms with E-state index in [1.165, 1.54) is 12.8 Å². The van der Waals surface area contributed by atoms with Gasteiger partial charge in [0, 0.05) is 25.2 Å². The summed E-state index contributed by atoms with van der Waals surface area (Å²) in [4.78, 5) is 13.0. The molecule has 2 fully saturated rings. The number of rotatable bonds is 10. The zero-order valence-corrected chi connectivity index (χ0v) is 14.9. The Morgan fingerprint density at radius 2 is 1.88 bits per heavy atom. The molecule has 2 aliphatic carbocycles. The Morgan fingerprint density at radius 3 is 2.48 bits per heavy atom. The Balaban J connectivity index is 1.44. The molecule has 25 heavy (non-hydrogen) atoms. The number of aliphatic carboxylic acids is 1. The molecule has 3 N–H and O–H groups in total. The van der Waals surface area contributed by atoms with Crippen LogP contribution in [0.4, 0.5) is 0 Å². The van der Waals surface area contributed by atoms with Gasteiger partial charge in [-0.2, -0.15) is 17.9 Å². The first-order chi connectivity index (χ1) is 11.9. The predicted octanol–water partition coefficient (Wildman–Crippen LogP) is 0.938. The van der Waals surface area contributed by atoms with Crippen LogP contribution in [0, 0.1) is 5.92 Å². The average Bonchev–Trinajstić information content (AvgIpc) is 3.33. The molecule has 0 amide bonds. The highest BCUT2D eigenvalue weighted by atomic mass is 32.2. The van der Waals surface area contributed by atoms with Crippen molar-refractivity contribution < 1.29 is 18.3 Å². The standard InChI is InChI=1S/C17H25N3O4S/c21-17(22)12-20(11-14-6-7-14)16-8-15(9-16)19-25(23,24)18-10-13-4-2-1-3-5-13/h1-5,14-16,18-19H,6-12H2,(H,21,22). The summed E-state index contributed by atoms with van der Waals surface area (Å²) in [6, 6.07) is 9.37. The number of carboxylic acid groups (broad SMARTS) is 1. The van der Waals surface area contributed by atoms with E-state index in [1.807, 2.05) is 35.2 Å². The van der Waals surface area contributed by atoms with Gasteiger partial charge >= 0.3 is 5.97 Å². The normalized spacial score (nSPS) is 23.4. The fourth-order valence-electron chi connectivity index (χ4n) is 3.17. The minimum absolute atomic E-state index is 0.0346. The second kappa shape index (κ2) is 7.82. The van der Waals surface area contributed by atoms with Crippen LogP contribution in [-0.2, 0) is 21.5 Å². The molecule has 1 aromatic rings. The molecule has 0 bridgehead atoms. The topological polar surface area (TPSA) is 98.7 Å². The van der Waals surface area contributed by atoms with E-state index in [1.54, 1.807) is 0 Å². The first-order valence-electron chi connectivity index (χ1n) is 8.68. The second-order valence-corrected chi connectivity index (χ2v) is 8.55. The first-order valence-corrected chi connectivity index (χ1v) is 10.2. The van der Waals surface area contributed by atoms with Crippen molar-refractivity contribution in [2.75, 3.05) is 13.1 Å². The van der Waals surface area contributed by atoms with Crippen LogP contribution in [0.25, 0.3) is 0 Å². The van der Waals surface area contributed by atoms with Crippen molar-refractivity contribution in [3.8, 4) is 0 Å². The van der Waals surface area contributed by atoms with Gasteiger partial charge in [-0.1, -0.05) is 30.3 Å². The molecule has 2 saturated carbocycles. The fourth-order valence-corrected chi connectivity index (χ4v) is 4.24. The van der Waals surface area contributed by atoms with Gasteiger partial charge in [0.25, 0.3) is 10.2 Å². The number of carbonyl (C=O) groups is 1. The van der Waals surface area contributed by atoms with E-state index in [0.717, 1.165) is 12.1 Å². The summed E-state index contributed by atoms with van der Waals surface area (Å²) in [6.45, 7) is 1.09. The van der Waals surface area contributed by atoms with E-state index in [4.69, 9.17) is 5.11 Å². The SMILES string of the molecule is O=C(O)CN(CC1CC1)C1CC(NS(=O)(=O)NCc2ccccc2)C1. The van der Waals surface area contributed by atoms with E-state index < -0.39 is 16.2 Å². The molecule has 0 spiro atoms. The van der Waals surface area contributed by atoms with Crippen molar-refractivity contribution in [3.05, 3.63) is 35.9 Å². The van der Waals surface area contributed by atoms with Gasteiger partial charge in [-0.3, -0.25) is 9.69 Å². The highest BCUT2D eigenvalue weighted by molar-refractivity contribution is 7.87. The number of nitrogens with zero attached hydrogens (tertiary/aromatic N) is 1. The molecule has 1 aromatic carbocycles. The summed E-state index contributed by atoms with van der Waals surface area (Å²) in [7, 11) is -3.56. The van der Waals surface area contributed by atoms with Gasteiger partial charge in [-0.15, -0.1) is 0 Å². The van der Waals surface area contributed by atoms with E-state index in [0.29, 0.717) is 18.8 Å². The molecule has 0 heterocycles. The maximum atomic E-state index is 12.1. The van der Waals surface area contributed by atoms with Crippen molar-refractivity contribution in [1.29, 1.82) is 0 Å². The van der Waals surface area contributed by atoms with Crippen LogP contribution in [0.2, 0.25) is 0 Å². The predicted molar refractivity (Wildman–Crippen MR) is 94.1 cm³/mol. The molecule has 8 heteroatoms. The van der Waals surface area contributed by atoms with Crippen LogP contribution in [0.1, 0.15) is 31.2 Å². The van der Waals surface area contributed by atoms with E-state index in [9.17, 15) is 13.2 Å².